The number of phenols is 1. The van der Waals surface area contributed by atoms with Crippen molar-refractivity contribution in [2.45, 2.75) is 12.8 Å². The van der Waals surface area contributed by atoms with Crippen molar-refractivity contribution in [2.24, 2.45) is 0 Å². The number of carbonyl (C=O) groups is 1. The van der Waals surface area contributed by atoms with E-state index in [1.165, 1.54) is 18.5 Å². The lowest BCUT2D eigenvalue weighted by Crippen LogP contribution is -2.46. The summed E-state index contributed by atoms with van der Waals surface area (Å²) in [6.07, 6.45) is 6.48. The molecule has 0 aliphatic carbocycles. The fourth-order valence-corrected chi connectivity index (χ4v) is 5.14. The minimum atomic E-state index is -0.0268. The van der Waals surface area contributed by atoms with Crippen molar-refractivity contribution >= 4 is 34.8 Å². The lowest BCUT2D eigenvalue weighted by atomic mass is 10.0. The van der Waals surface area contributed by atoms with E-state index in [1.807, 2.05) is 23.1 Å². The predicted octanol–water partition coefficient (Wildman–Crippen LogP) is 4.15. The van der Waals surface area contributed by atoms with Gasteiger partial charge in [0.1, 0.15) is 5.75 Å². The van der Waals surface area contributed by atoms with Gasteiger partial charge in [0.15, 0.2) is 5.65 Å². The predicted molar refractivity (Wildman–Crippen MR) is 147 cm³/mol. The zero-order valence-corrected chi connectivity index (χ0v) is 20.7. The van der Waals surface area contributed by atoms with E-state index >= 15 is 0 Å². The second-order valence-corrected chi connectivity index (χ2v) is 9.60. The summed E-state index contributed by atoms with van der Waals surface area (Å²) in [5.41, 5.74) is 5.63. The number of phenolic OH excluding ortho intramolecular Hbond substituents is 1. The molecule has 0 spiro atoms. The Morgan fingerprint density at radius 2 is 1.73 bits per heavy atom. The van der Waals surface area contributed by atoms with Gasteiger partial charge in [-0.1, -0.05) is 18.2 Å². The fraction of sp³-hybridized carbons (Fsp3) is 0.276. The minimum Gasteiger partial charge on any atom is -0.508 e. The van der Waals surface area contributed by atoms with E-state index in [4.69, 9.17) is 4.98 Å². The van der Waals surface area contributed by atoms with Crippen LogP contribution in [0.15, 0.2) is 54.6 Å². The maximum absolute atomic E-state index is 13.7. The number of H-pyrrole nitrogens is 1. The van der Waals surface area contributed by atoms with Gasteiger partial charge < -0.3 is 20.2 Å². The number of piperazine rings is 1. The Hall–Kier alpha value is -4.17. The number of pyridine rings is 1. The number of hydrogen-bond donors (Lipinski definition) is 3. The number of aromatic hydroxyl groups is 1. The van der Waals surface area contributed by atoms with Crippen LogP contribution < -0.4 is 10.2 Å². The molecule has 1 amide bonds. The van der Waals surface area contributed by atoms with Crippen LogP contribution in [0.5, 0.6) is 5.75 Å². The highest BCUT2D eigenvalue weighted by atomic mass is 16.3. The standard InChI is InChI=1S/C29H30N6O2/c36-23-9-7-21(8-10-23)26-19-24(29(37)35-16-12-30-13-17-35)27-25(32-33-28(27)31-26)11-6-20-4-3-5-22(18-20)34-14-1-2-15-34/h3-11,18-19,30,36H,1-2,12-17H2,(H,31,32,33). The summed E-state index contributed by atoms with van der Waals surface area (Å²) in [5.74, 6) is 0.158. The SMILES string of the molecule is O=C(c1cc(-c2ccc(O)cc2)nc2[nH]nc(C=Cc3cccc(N4CCCC4)c3)c12)N1CCNCC1. The Morgan fingerprint density at radius 1 is 0.946 bits per heavy atom. The van der Waals surface area contributed by atoms with E-state index < -0.39 is 0 Å². The molecule has 2 aliphatic heterocycles. The molecule has 8 heteroatoms. The van der Waals surface area contributed by atoms with E-state index in [-0.39, 0.29) is 11.7 Å². The molecule has 8 nitrogen and oxygen atoms in total. The van der Waals surface area contributed by atoms with Crippen molar-refractivity contribution < 1.29 is 9.90 Å². The molecule has 37 heavy (non-hydrogen) atoms. The van der Waals surface area contributed by atoms with E-state index in [2.05, 4.69) is 44.7 Å². The van der Waals surface area contributed by atoms with Crippen molar-refractivity contribution in [3.63, 3.8) is 0 Å². The van der Waals surface area contributed by atoms with Crippen LogP contribution in [0.25, 0.3) is 34.4 Å². The normalized spacial score (nSPS) is 16.2. The second-order valence-electron chi connectivity index (χ2n) is 9.60. The summed E-state index contributed by atoms with van der Waals surface area (Å²) >= 11 is 0. The maximum Gasteiger partial charge on any atom is 0.254 e. The molecule has 2 aromatic heterocycles. The summed E-state index contributed by atoms with van der Waals surface area (Å²) in [7, 11) is 0. The van der Waals surface area contributed by atoms with Crippen LogP contribution in [0.1, 0.15) is 34.5 Å². The summed E-state index contributed by atoms with van der Waals surface area (Å²) in [4.78, 5) is 22.8. The van der Waals surface area contributed by atoms with Crippen molar-refractivity contribution in [1.29, 1.82) is 0 Å². The van der Waals surface area contributed by atoms with Gasteiger partial charge in [-0.3, -0.25) is 9.89 Å². The average Bonchev–Trinajstić information content (AvgIpc) is 3.63. The summed E-state index contributed by atoms with van der Waals surface area (Å²) in [5, 5.41) is 21.3. The quantitative estimate of drug-likeness (QED) is 0.386. The molecule has 3 N–H and O–H groups in total. The molecular weight excluding hydrogens is 464 g/mol. The fourth-order valence-electron chi connectivity index (χ4n) is 5.14. The number of aromatic amines is 1. The monoisotopic (exact) mass is 494 g/mol. The molecular formula is C29H30N6O2. The zero-order chi connectivity index (χ0) is 25.2. The lowest BCUT2D eigenvalue weighted by Gasteiger charge is -2.27. The van der Waals surface area contributed by atoms with Crippen LogP contribution in [0.2, 0.25) is 0 Å². The molecule has 188 valence electrons. The van der Waals surface area contributed by atoms with E-state index in [0.717, 1.165) is 42.7 Å². The number of amides is 1. The van der Waals surface area contributed by atoms with Crippen molar-refractivity contribution in [1.82, 2.24) is 25.4 Å². The number of aromatic nitrogens is 3. The Labute approximate surface area is 215 Å². The van der Waals surface area contributed by atoms with E-state index in [0.29, 0.717) is 35.7 Å². The number of fused-ring (bicyclic) bond motifs is 1. The first-order chi connectivity index (χ1) is 18.2. The second kappa shape index (κ2) is 10.1. The van der Waals surface area contributed by atoms with Gasteiger partial charge in [-0.25, -0.2) is 4.98 Å². The number of nitrogens with zero attached hydrogens (tertiary/aromatic N) is 4. The third-order valence-electron chi connectivity index (χ3n) is 7.13. The van der Waals surface area contributed by atoms with Crippen LogP contribution >= 0.6 is 0 Å². The van der Waals surface area contributed by atoms with Gasteiger partial charge in [-0.2, -0.15) is 5.10 Å². The van der Waals surface area contributed by atoms with Crippen LogP contribution in [0.3, 0.4) is 0 Å². The number of nitrogens with one attached hydrogen (secondary N) is 2. The maximum atomic E-state index is 13.7. The van der Waals surface area contributed by atoms with Gasteiger partial charge in [0.05, 0.1) is 22.3 Å². The zero-order valence-electron chi connectivity index (χ0n) is 20.7. The van der Waals surface area contributed by atoms with Gasteiger partial charge in [0, 0.05) is 50.5 Å². The van der Waals surface area contributed by atoms with Crippen LogP contribution in [-0.4, -0.2) is 70.4 Å². The van der Waals surface area contributed by atoms with Crippen LogP contribution in [0.4, 0.5) is 5.69 Å². The Balaban J connectivity index is 1.40. The number of rotatable bonds is 5. The molecule has 4 aromatic rings. The highest BCUT2D eigenvalue weighted by Gasteiger charge is 2.24. The van der Waals surface area contributed by atoms with Gasteiger partial charge >= 0.3 is 0 Å². The molecule has 2 aliphatic rings. The minimum absolute atomic E-state index is 0.0268. The van der Waals surface area contributed by atoms with Gasteiger partial charge in [0.25, 0.3) is 5.91 Å². The van der Waals surface area contributed by atoms with Crippen molar-refractivity contribution in [3.8, 4) is 17.0 Å². The topological polar surface area (TPSA) is 97.4 Å². The van der Waals surface area contributed by atoms with Gasteiger partial charge in [-0.15, -0.1) is 0 Å². The summed E-state index contributed by atoms with van der Waals surface area (Å²) < 4.78 is 0. The average molecular weight is 495 g/mol. The van der Waals surface area contributed by atoms with E-state index in [1.54, 1.807) is 24.3 Å². The summed E-state index contributed by atoms with van der Waals surface area (Å²) in [6, 6.07) is 17.2. The Bertz CT molecular complexity index is 1450. The van der Waals surface area contributed by atoms with E-state index in [9.17, 15) is 9.90 Å². The molecule has 6 rings (SSSR count). The number of benzene rings is 2. The third kappa shape index (κ3) is 4.80. The highest BCUT2D eigenvalue weighted by Crippen LogP contribution is 2.29. The van der Waals surface area contributed by atoms with Gasteiger partial charge in [-0.05, 0) is 66.9 Å². The molecule has 2 aromatic carbocycles. The van der Waals surface area contributed by atoms with Crippen LogP contribution in [-0.2, 0) is 0 Å². The summed E-state index contributed by atoms with van der Waals surface area (Å²) in [6.45, 7) is 5.06. The Kier molecular flexibility index (Phi) is 6.32. The molecule has 0 bridgehead atoms. The number of hydrogen-bond acceptors (Lipinski definition) is 6. The molecule has 0 saturated carbocycles. The molecule has 2 fully saturated rings. The molecule has 2 saturated heterocycles. The molecule has 0 radical (unpaired) electrons. The molecule has 4 heterocycles. The van der Waals surface area contributed by atoms with Crippen molar-refractivity contribution in [2.75, 3.05) is 44.2 Å². The largest absolute Gasteiger partial charge is 0.508 e. The molecule has 0 unspecified atom stereocenters. The Morgan fingerprint density at radius 3 is 2.51 bits per heavy atom. The molecule has 0 atom stereocenters. The van der Waals surface area contributed by atoms with Crippen LogP contribution in [0, 0.1) is 0 Å². The first kappa shape index (κ1) is 23.2. The lowest BCUT2D eigenvalue weighted by molar-refractivity contribution is 0.0737. The van der Waals surface area contributed by atoms with Crippen molar-refractivity contribution in [3.05, 3.63) is 71.4 Å². The smallest absolute Gasteiger partial charge is 0.254 e. The first-order valence-electron chi connectivity index (χ1n) is 12.9. The first-order valence-corrected chi connectivity index (χ1v) is 12.9. The number of anilines is 1. The number of carbonyl (C=O) groups excluding carboxylic acids is 1. The van der Waals surface area contributed by atoms with Gasteiger partial charge in [0.2, 0.25) is 0 Å². The third-order valence-corrected chi connectivity index (χ3v) is 7.13. The highest BCUT2D eigenvalue weighted by molar-refractivity contribution is 6.09.